The topological polar surface area (TPSA) is 107 Å². The number of rotatable bonds is 4. The molecule has 0 atom stereocenters. The van der Waals surface area contributed by atoms with E-state index in [-0.39, 0.29) is 16.0 Å². The number of fused-ring (bicyclic) bond motifs is 1. The Morgan fingerprint density at radius 2 is 1.72 bits per heavy atom. The Balaban J connectivity index is 1.67. The number of benzene rings is 3. The van der Waals surface area contributed by atoms with Gasteiger partial charge >= 0.3 is 6.03 Å². The molecule has 7 nitrogen and oxygen atoms in total. The van der Waals surface area contributed by atoms with Gasteiger partial charge in [-0.15, -0.1) is 0 Å². The van der Waals surface area contributed by atoms with Crippen molar-refractivity contribution in [3.63, 3.8) is 0 Å². The van der Waals surface area contributed by atoms with Crippen molar-refractivity contribution in [3.8, 4) is 11.1 Å². The Morgan fingerprint density at radius 1 is 1.03 bits per heavy atom. The van der Waals surface area contributed by atoms with Crippen LogP contribution >= 0.6 is 0 Å². The fourth-order valence-corrected chi connectivity index (χ4v) is 4.01. The summed E-state index contributed by atoms with van der Waals surface area (Å²) in [6, 6.07) is 16.3. The molecule has 0 saturated heterocycles. The molecule has 1 radical (unpaired) electrons. The van der Waals surface area contributed by atoms with Crippen LogP contribution in [-0.4, -0.2) is 24.2 Å². The molecule has 0 fully saturated rings. The molecule has 1 amide bonds. The number of nitrogens with two attached hydrogens (primary N) is 1. The van der Waals surface area contributed by atoms with Gasteiger partial charge in [-0.25, -0.2) is 17.6 Å². The monoisotopic (exact) mass is 409 g/mol. The second-order valence-electron chi connectivity index (χ2n) is 6.18. The molecule has 0 spiro atoms. The van der Waals surface area contributed by atoms with E-state index in [4.69, 9.17) is 5.73 Å². The lowest BCUT2D eigenvalue weighted by Gasteiger charge is -2.10. The average molecular weight is 409 g/mol. The number of carbonyl (C=O) groups is 1. The largest absolute Gasteiger partial charge is 0.350 e. The van der Waals surface area contributed by atoms with Gasteiger partial charge in [0.2, 0.25) is 0 Å². The number of nitrogens with zero attached hydrogens (tertiary/aromatic N) is 2. The van der Waals surface area contributed by atoms with Crippen molar-refractivity contribution in [2.24, 2.45) is 5.73 Å². The van der Waals surface area contributed by atoms with Gasteiger partial charge < -0.3 is 5.73 Å². The minimum absolute atomic E-state index is 0.0659. The highest BCUT2D eigenvalue weighted by atomic mass is 32.2. The molecule has 0 bridgehead atoms. The van der Waals surface area contributed by atoms with E-state index in [1.54, 1.807) is 36.4 Å². The molecular formula is C20H14FN4O3S. The molecule has 29 heavy (non-hydrogen) atoms. The van der Waals surface area contributed by atoms with Gasteiger partial charge in [-0.2, -0.15) is 9.78 Å². The van der Waals surface area contributed by atoms with Gasteiger partial charge in [0, 0.05) is 16.6 Å². The number of halogens is 1. The lowest BCUT2D eigenvalue weighted by atomic mass is 10.0. The Hall–Kier alpha value is -3.72. The van der Waals surface area contributed by atoms with Crippen molar-refractivity contribution in [2.45, 2.75) is 4.90 Å². The van der Waals surface area contributed by atoms with E-state index in [1.807, 2.05) is 0 Å². The number of carbonyl (C=O) groups excluding carboxylic acids is 1. The molecule has 145 valence electrons. The van der Waals surface area contributed by atoms with Gasteiger partial charge in [-0.1, -0.05) is 36.4 Å². The predicted molar refractivity (Wildman–Crippen MR) is 106 cm³/mol. The number of hydrogen-bond acceptors (Lipinski definition) is 4. The normalized spacial score (nSPS) is 11.5. The highest BCUT2D eigenvalue weighted by Gasteiger charge is 2.17. The third kappa shape index (κ3) is 3.43. The summed E-state index contributed by atoms with van der Waals surface area (Å²) in [4.78, 5) is 11.6. The maximum absolute atomic E-state index is 15.0. The minimum atomic E-state index is -3.73. The Labute approximate surface area is 165 Å². The maximum Gasteiger partial charge on any atom is 0.340 e. The number of aromatic nitrogens is 2. The van der Waals surface area contributed by atoms with Crippen molar-refractivity contribution in [1.82, 2.24) is 9.78 Å². The highest BCUT2D eigenvalue weighted by molar-refractivity contribution is 7.92. The number of hydrogen-bond donors (Lipinski definition) is 2. The van der Waals surface area contributed by atoms with Crippen molar-refractivity contribution in [3.05, 3.63) is 78.7 Å². The number of amides is 1. The van der Waals surface area contributed by atoms with Crippen LogP contribution in [0.2, 0.25) is 0 Å². The fourth-order valence-electron chi connectivity index (χ4n) is 2.93. The zero-order chi connectivity index (χ0) is 20.6. The van der Waals surface area contributed by atoms with Crippen molar-refractivity contribution >= 4 is 32.6 Å². The molecule has 1 heterocycles. The van der Waals surface area contributed by atoms with Gasteiger partial charge in [0.25, 0.3) is 10.0 Å². The van der Waals surface area contributed by atoms with Crippen molar-refractivity contribution in [2.75, 3.05) is 4.72 Å². The third-order valence-corrected chi connectivity index (χ3v) is 5.71. The lowest BCUT2D eigenvalue weighted by molar-refractivity contribution is 0.248. The summed E-state index contributed by atoms with van der Waals surface area (Å²) in [5.41, 5.74) is 6.19. The molecule has 0 unspecified atom stereocenters. The Bertz CT molecular complexity index is 1320. The summed E-state index contributed by atoms with van der Waals surface area (Å²) in [5.74, 6) is -0.673. The molecule has 1 aromatic heterocycles. The van der Waals surface area contributed by atoms with Crippen LogP contribution in [-0.2, 0) is 10.0 Å². The maximum atomic E-state index is 15.0. The van der Waals surface area contributed by atoms with E-state index in [9.17, 15) is 13.2 Å². The van der Waals surface area contributed by atoms with Crippen molar-refractivity contribution < 1.29 is 17.6 Å². The fraction of sp³-hybridized carbons (Fsp3) is 0. The van der Waals surface area contributed by atoms with Crippen LogP contribution in [0.5, 0.6) is 0 Å². The number of anilines is 1. The van der Waals surface area contributed by atoms with E-state index < -0.39 is 21.9 Å². The number of sulfonamides is 1. The zero-order valence-electron chi connectivity index (χ0n) is 14.8. The molecule has 4 aromatic rings. The molecule has 3 N–H and O–H groups in total. The standard InChI is InChI=1S/C20H14FN4O3S/c21-18-17(11-8-14-12-23-25(19(14)18)20(22)26)13-6-9-15(10-7-13)24-29(27,28)16-4-2-1-3-5-16/h1-11,24H,(H2,22,26). The zero-order valence-corrected chi connectivity index (χ0v) is 15.7. The van der Waals surface area contributed by atoms with E-state index in [0.717, 1.165) is 4.68 Å². The van der Waals surface area contributed by atoms with Gasteiger partial charge in [-0.3, -0.25) is 4.72 Å². The van der Waals surface area contributed by atoms with Gasteiger partial charge in [0.05, 0.1) is 4.90 Å². The quantitative estimate of drug-likeness (QED) is 0.539. The summed E-state index contributed by atoms with van der Waals surface area (Å²) >= 11 is 0. The van der Waals surface area contributed by atoms with E-state index in [0.29, 0.717) is 16.6 Å². The van der Waals surface area contributed by atoms with Crippen LogP contribution < -0.4 is 10.5 Å². The molecule has 0 saturated carbocycles. The van der Waals surface area contributed by atoms with Gasteiger partial charge in [0.15, 0.2) is 5.82 Å². The summed E-state index contributed by atoms with van der Waals surface area (Å²) < 4.78 is 43.0. The Kier molecular flexibility index (Phi) is 4.51. The van der Waals surface area contributed by atoms with Gasteiger partial charge in [0.1, 0.15) is 11.7 Å². The van der Waals surface area contributed by atoms with Crippen LogP contribution in [0.4, 0.5) is 14.9 Å². The first-order chi connectivity index (χ1) is 13.9. The SMILES string of the molecule is NC(=O)n1n[c]c2ccc(-c3ccc(NS(=O)(=O)c4ccccc4)cc3)c(F)c21. The first kappa shape index (κ1) is 18.6. The number of primary amides is 1. The van der Waals surface area contributed by atoms with Crippen LogP contribution in [0.1, 0.15) is 0 Å². The number of nitrogens with one attached hydrogen (secondary N) is 1. The van der Waals surface area contributed by atoms with E-state index in [2.05, 4.69) is 16.0 Å². The lowest BCUT2D eigenvalue weighted by Crippen LogP contribution is -2.21. The molecule has 4 rings (SSSR count). The molecule has 3 aromatic carbocycles. The van der Waals surface area contributed by atoms with Crippen LogP contribution in [0, 0.1) is 12.0 Å². The van der Waals surface area contributed by atoms with E-state index in [1.165, 1.54) is 30.3 Å². The van der Waals surface area contributed by atoms with Crippen LogP contribution in [0.25, 0.3) is 22.0 Å². The van der Waals surface area contributed by atoms with Crippen molar-refractivity contribution in [1.29, 1.82) is 0 Å². The van der Waals surface area contributed by atoms with Gasteiger partial charge in [-0.05, 0) is 35.9 Å². The summed E-state index contributed by atoms with van der Waals surface area (Å²) in [5, 5.41) is 3.99. The molecule has 0 aliphatic rings. The third-order valence-electron chi connectivity index (χ3n) is 4.31. The highest BCUT2D eigenvalue weighted by Crippen LogP contribution is 2.30. The smallest absolute Gasteiger partial charge is 0.340 e. The first-order valence-corrected chi connectivity index (χ1v) is 9.92. The summed E-state index contributed by atoms with van der Waals surface area (Å²) in [6.45, 7) is 0. The molecule has 0 aliphatic heterocycles. The molecule has 0 aliphatic carbocycles. The molecular weight excluding hydrogens is 395 g/mol. The second kappa shape index (κ2) is 7.02. The predicted octanol–water partition coefficient (Wildman–Crippen LogP) is 3.37. The summed E-state index contributed by atoms with van der Waals surface area (Å²) in [7, 11) is -3.73. The second-order valence-corrected chi connectivity index (χ2v) is 7.86. The summed E-state index contributed by atoms with van der Waals surface area (Å²) in [6.07, 6.45) is 2.53. The average Bonchev–Trinajstić information content (AvgIpc) is 3.15. The van der Waals surface area contributed by atoms with E-state index >= 15 is 4.39 Å². The first-order valence-electron chi connectivity index (χ1n) is 8.44. The Morgan fingerprint density at radius 3 is 2.38 bits per heavy atom. The molecule has 9 heteroatoms. The van der Waals surface area contributed by atoms with Crippen LogP contribution in [0.15, 0.2) is 71.6 Å². The van der Waals surface area contributed by atoms with Crippen LogP contribution in [0.3, 0.4) is 0 Å². The minimum Gasteiger partial charge on any atom is -0.350 e.